The molecule has 0 amide bonds. The molecule has 1 unspecified atom stereocenters. The van der Waals surface area contributed by atoms with Crippen molar-refractivity contribution in [1.82, 2.24) is 0 Å². The van der Waals surface area contributed by atoms with Gasteiger partial charge in [0.2, 0.25) is 0 Å². The van der Waals surface area contributed by atoms with Gasteiger partial charge in [0.25, 0.3) is 0 Å². The maximum absolute atomic E-state index is 13.4. The Morgan fingerprint density at radius 2 is 2.21 bits per heavy atom. The van der Waals surface area contributed by atoms with E-state index in [1.807, 2.05) is 13.0 Å². The van der Waals surface area contributed by atoms with Gasteiger partial charge in [-0.25, -0.2) is 4.39 Å². The first-order chi connectivity index (χ1) is 6.57. The lowest BCUT2D eigenvalue weighted by Crippen LogP contribution is -2.05. The van der Waals surface area contributed by atoms with Crippen LogP contribution in [0.2, 0.25) is 5.02 Å². The molecule has 0 heterocycles. The number of rotatable bonds is 3. The summed E-state index contributed by atoms with van der Waals surface area (Å²) in [6.45, 7) is 2.57. The summed E-state index contributed by atoms with van der Waals surface area (Å²) in [6.07, 6.45) is 0.806. The highest BCUT2D eigenvalue weighted by atomic mass is 79.9. The first-order valence-electron chi connectivity index (χ1n) is 4.41. The Morgan fingerprint density at radius 1 is 1.57 bits per heavy atom. The quantitative estimate of drug-likeness (QED) is 0.840. The second kappa shape index (κ2) is 5.10. The largest absolute Gasteiger partial charge is 0.330 e. The number of hydrogen-bond acceptors (Lipinski definition) is 1. The summed E-state index contributed by atoms with van der Waals surface area (Å²) in [5.74, 6) is -0.205. The van der Waals surface area contributed by atoms with Crippen molar-refractivity contribution in [3.8, 4) is 0 Å². The third-order valence-corrected chi connectivity index (χ3v) is 3.19. The maximum Gasteiger partial charge on any atom is 0.156 e. The van der Waals surface area contributed by atoms with Crippen LogP contribution < -0.4 is 5.73 Å². The van der Waals surface area contributed by atoms with Gasteiger partial charge < -0.3 is 5.73 Å². The molecule has 0 saturated carbocycles. The Bertz CT molecular complexity index is 330. The van der Waals surface area contributed by atoms with E-state index in [0.717, 1.165) is 12.0 Å². The van der Waals surface area contributed by atoms with Crippen molar-refractivity contribution >= 4 is 27.5 Å². The molecule has 0 spiro atoms. The Kier molecular flexibility index (Phi) is 4.35. The standard InChI is InChI=1S/C10H12BrClFN/c1-6(4-5-14)7-2-3-8(11)10(13)9(7)12/h2-3,6H,4-5,14H2,1H3. The molecule has 1 rings (SSSR count). The SMILES string of the molecule is CC(CCN)c1ccc(Br)c(F)c1Cl. The summed E-state index contributed by atoms with van der Waals surface area (Å²) in [7, 11) is 0. The zero-order chi connectivity index (χ0) is 10.7. The zero-order valence-corrected chi connectivity index (χ0v) is 10.2. The van der Waals surface area contributed by atoms with Gasteiger partial charge in [-0.3, -0.25) is 0 Å². The fraction of sp³-hybridized carbons (Fsp3) is 0.400. The zero-order valence-electron chi connectivity index (χ0n) is 7.86. The van der Waals surface area contributed by atoms with Gasteiger partial charge in [-0.2, -0.15) is 0 Å². The summed E-state index contributed by atoms with van der Waals surface area (Å²) in [4.78, 5) is 0. The summed E-state index contributed by atoms with van der Waals surface area (Å²) >= 11 is 8.97. The van der Waals surface area contributed by atoms with Gasteiger partial charge in [0.15, 0.2) is 5.82 Å². The minimum atomic E-state index is -0.395. The normalized spacial score (nSPS) is 12.9. The van der Waals surface area contributed by atoms with E-state index >= 15 is 0 Å². The first kappa shape index (κ1) is 12.0. The van der Waals surface area contributed by atoms with E-state index in [1.54, 1.807) is 6.07 Å². The lowest BCUT2D eigenvalue weighted by atomic mass is 9.98. The highest BCUT2D eigenvalue weighted by molar-refractivity contribution is 9.10. The topological polar surface area (TPSA) is 26.0 Å². The van der Waals surface area contributed by atoms with E-state index in [-0.39, 0.29) is 10.9 Å². The van der Waals surface area contributed by atoms with Crippen LogP contribution in [-0.2, 0) is 0 Å². The van der Waals surface area contributed by atoms with Crippen molar-refractivity contribution in [2.75, 3.05) is 6.54 Å². The van der Waals surface area contributed by atoms with Crippen molar-refractivity contribution in [1.29, 1.82) is 0 Å². The third kappa shape index (κ3) is 2.47. The molecule has 4 heteroatoms. The molecular weight excluding hydrogens is 268 g/mol. The predicted octanol–water partition coefficient (Wildman–Crippen LogP) is 3.69. The summed E-state index contributed by atoms with van der Waals surface area (Å²) < 4.78 is 13.8. The molecule has 0 aromatic heterocycles. The molecule has 0 saturated heterocycles. The van der Waals surface area contributed by atoms with E-state index in [1.165, 1.54) is 0 Å². The van der Waals surface area contributed by atoms with Gasteiger partial charge >= 0.3 is 0 Å². The molecule has 78 valence electrons. The van der Waals surface area contributed by atoms with E-state index in [4.69, 9.17) is 17.3 Å². The van der Waals surface area contributed by atoms with Crippen molar-refractivity contribution in [2.45, 2.75) is 19.3 Å². The summed E-state index contributed by atoms with van der Waals surface area (Å²) in [5.41, 5.74) is 6.26. The summed E-state index contributed by atoms with van der Waals surface area (Å²) in [5, 5.41) is 0.195. The van der Waals surface area contributed by atoms with Gasteiger partial charge in [0.05, 0.1) is 9.50 Å². The van der Waals surface area contributed by atoms with Gasteiger partial charge in [-0.05, 0) is 46.4 Å². The third-order valence-electron chi connectivity index (χ3n) is 2.20. The van der Waals surface area contributed by atoms with Crippen LogP contribution in [0.4, 0.5) is 4.39 Å². The van der Waals surface area contributed by atoms with Crippen molar-refractivity contribution in [3.05, 3.63) is 33.0 Å². The van der Waals surface area contributed by atoms with Crippen LogP contribution in [0, 0.1) is 5.82 Å². The van der Waals surface area contributed by atoms with Gasteiger partial charge in [-0.15, -0.1) is 0 Å². The van der Waals surface area contributed by atoms with Crippen molar-refractivity contribution in [3.63, 3.8) is 0 Å². The highest BCUT2D eigenvalue weighted by Crippen LogP contribution is 2.32. The monoisotopic (exact) mass is 279 g/mol. The predicted molar refractivity (Wildman–Crippen MR) is 61.2 cm³/mol. The van der Waals surface area contributed by atoms with Crippen LogP contribution in [0.5, 0.6) is 0 Å². The van der Waals surface area contributed by atoms with Gasteiger partial charge in [0.1, 0.15) is 0 Å². The number of benzene rings is 1. The van der Waals surface area contributed by atoms with Gasteiger partial charge in [-0.1, -0.05) is 24.6 Å². The molecule has 1 aromatic carbocycles. The fourth-order valence-electron chi connectivity index (χ4n) is 1.33. The second-order valence-corrected chi connectivity index (χ2v) is 4.48. The molecule has 0 aliphatic rings. The molecule has 2 N–H and O–H groups in total. The van der Waals surface area contributed by atoms with E-state index in [2.05, 4.69) is 15.9 Å². The minimum absolute atomic E-state index is 0.190. The molecule has 0 radical (unpaired) electrons. The van der Waals surface area contributed by atoms with E-state index in [0.29, 0.717) is 11.0 Å². The smallest absolute Gasteiger partial charge is 0.156 e. The first-order valence-corrected chi connectivity index (χ1v) is 5.58. The molecule has 1 nitrogen and oxygen atoms in total. The molecule has 14 heavy (non-hydrogen) atoms. The number of nitrogens with two attached hydrogens (primary N) is 1. The lowest BCUT2D eigenvalue weighted by Gasteiger charge is -2.13. The minimum Gasteiger partial charge on any atom is -0.330 e. The molecule has 0 fully saturated rings. The Morgan fingerprint density at radius 3 is 2.79 bits per heavy atom. The maximum atomic E-state index is 13.4. The average molecular weight is 281 g/mol. The lowest BCUT2D eigenvalue weighted by molar-refractivity contribution is 0.611. The molecule has 1 aromatic rings. The molecule has 0 aliphatic heterocycles. The number of halogens is 3. The fourth-order valence-corrected chi connectivity index (χ4v) is 2.12. The highest BCUT2D eigenvalue weighted by Gasteiger charge is 2.14. The van der Waals surface area contributed by atoms with Crippen LogP contribution in [0.3, 0.4) is 0 Å². The van der Waals surface area contributed by atoms with Crippen molar-refractivity contribution in [2.24, 2.45) is 5.73 Å². The van der Waals surface area contributed by atoms with Crippen LogP contribution in [-0.4, -0.2) is 6.54 Å². The van der Waals surface area contributed by atoms with Crippen LogP contribution in [0.25, 0.3) is 0 Å². The van der Waals surface area contributed by atoms with Gasteiger partial charge in [0, 0.05) is 0 Å². The van der Waals surface area contributed by atoms with Crippen molar-refractivity contribution < 1.29 is 4.39 Å². The molecule has 0 aliphatic carbocycles. The molecular formula is C10H12BrClFN. The Hall–Kier alpha value is -0.120. The Balaban J connectivity index is 3.04. The van der Waals surface area contributed by atoms with E-state index in [9.17, 15) is 4.39 Å². The van der Waals surface area contributed by atoms with Crippen LogP contribution in [0.1, 0.15) is 24.8 Å². The van der Waals surface area contributed by atoms with E-state index < -0.39 is 5.82 Å². The second-order valence-electron chi connectivity index (χ2n) is 3.24. The van der Waals surface area contributed by atoms with Crippen LogP contribution in [0.15, 0.2) is 16.6 Å². The molecule has 0 bridgehead atoms. The Labute approximate surface area is 96.6 Å². The average Bonchev–Trinajstić information content (AvgIpc) is 2.15. The van der Waals surface area contributed by atoms with Crippen LogP contribution >= 0.6 is 27.5 Å². The summed E-state index contributed by atoms with van der Waals surface area (Å²) in [6, 6.07) is 3.50. The number of hydrogen-bond donors (Lipinski definition) is 1. The molecule has 1 atom stereocenters.